The molecule has 5 unspecified atom stereocenters. The zero-order valence-corrected chi connectivity index (χ0v) is 11.3. The molecule has 0 aromatic carbocycles. The van der Waals surface area contributed by atoms with Gasteiger partial charge in [-0.3, -0.25) is 0 Å². The molecule has 0 aliphatic heterocycles. The van der Waals surface area contributed by atoms with Gasteiger partial charge in [0.1, 0.15) is 0 Å². The van der Waals surface area contributed by atoms with Crippen molar-refractivity contribution in [2.24, 2.45) is 28.1 Å². The molecule has 0 aromatic heterocycles. The number of rotatable bonds is 0. The van der Waals surface area contributed by atoms with Crippen LogP contribution in [0.2, 0.25) is 0 Å². The molecule has 0 heterocycles. The topological polar surface area (TPSA) is 20.2 Å². The molecule has 96 valence electrons. The Morgan fingerprint density at radius 2 is 1.71 bits per heavy atom. The summed E-state index contributed by atoms with van der Waals surface area (Å²) in [5.74, 6) is 1.66. The summed E-state index contributed by atoms with van der Waals surface area (Å²) in [6.45, 7) is 4.96. The maximum Gasteiger partial charge on any atom is 0.0660 e. The van der Waals surface area contributed by atoms with Crippen LogP contribution in [0.4, 0.5) is 0 Å². The van der Waals surface area contributed by atoms with E-state index in [-0.39, 0.29) is 11.5 Å². The van der Waals surface area contributed by atoms with E-state index in [1.54, 1.807) is 0 Å². The Kier molecular flexibility index (Phi) is 1.86. The van der Waals surface area contributed by atoms with E-state index in [9.17, 15) is 5.11 Å². The molecule has 0 aromatic rings. The Morgan fingerprint density at radius 3 is 2.35 bits per heavy atom. The first-order chi connectivity index (χ1) is 8.06. The number of fused-ring (bicyclic) bond motifs is 1. The van der Waals surface area contributed by atoms with Crippen molar-refractivity contribution >= 4 is 0 Å². The van der Waals surface area contributed by atoms with Crippen molar-refractivity contribution < 1.29 is 5.11 Å². The minimum Gasteiger partial charge on any atom is -0.392 e. The van der Waals surface area contributed by atoms with Gasteiger partial charge in [0.25, 0.3) is 0 Å². The van der Waals surface area contributed by atoms with Gasteiger partial charge in [0.2, 0.25) is 0 Å². The lowest BCUT2D eigenvalue weighted by Gasteiger charge is -2.49. The molecule has 4 aliphatic carbocycles. The summed E-state index contributed by atoms with van der Waals surface area (Å²) in [6, 6.07) is 0. The van der Waals surface area contributed by atoms with Gasteiger partial charge in [-0.2, -0.15) is 0 Å². The second-order valence-electron chi connectivity index (χ2n) is 7.92. The fraction of sp³-hybridized carbons (Fsp3) is 1.00. The summed E-state index contributed by atoms with van der Waals surface area (Å²) < 4.78 is 0. The van der Waals surface area contributed by atoms with Gasteiger partial charge < -0.3 is 5.11 Å². The van der Waals surface area contributed by atoms with Gasteiger partial charge in [0.05, 0.1) is 6.10 Å². The average molecular weight is 234 g/mol. The minimum absolute atomic E-state index is 0.00606. The fourth-order valence-corrected chi connectivity index (χ4v) is 7.06. The summed E-state index contributed by atoms with van der Waals surface area (Å²) in [5.41, 5.74) is 1.05. The monoisotopic (exact) mass is 234 g/mol. The second-order valence-corrected chi connectivity index (χ2v) is 7.92. The Balaban J connectivity index is 1.88. The lowest BCUT2D eigenvalue weighted by molar-refractivity contribution is -0.0985. The standard InChI is InChI=1S/C16H26O/c1-14-7-5-6-11-10-12(14)16(8-3-4-9-16)13(17)15(11,14)2/h11-13,17H,3-10H2,1-2H3. The molecule has 1 heteroatoms. The summed E-state index contributed by atoms with van der Waals surface area (Å²) in [4.78, 5) is 0. The van der Waals surface area contributed by atoms with Crippen LogP contribution in [0.5, 0.6) is 0 Å². The van der Waals surface area contributed by atoms with Crippen molar-refractivity contribution in [2.45, 2.75) is 71.3 Å². The van der Waals surface area contributed by atoms with Crippen LogP contribution in [0.1, 0.15) is 65.2 Å². The van der Waals surface area contributed by atoms with E-state index in [0.29, 0.717) is 10.8 Å². The van der Waals surface area contributed by atoms with Crippen molar-refractivity contribution in [1.29, 1.82) is 0 Å². The number of hydrogen-bond acceptors (Lipinski definition) is 1. The summed E-state index contributed by atoms with van der Waals surface area (Å²) in [7, 11) is 0. The molecule has 0 saturated heterocycles. The molecule has 1 N–H and O–H groups in total. The van der Waals surface area contributed by atoms with E-state index in [4.69, 9.17) is 0 Å². The maximum absolute atomic E-state index is 11.1. The van der Waals surface area contributed by atoms with Gasteiger partial charge in [-0.05, 0) is 49.4 Å². The molecule has 4 rings (SSSR count). The fourth-order valence-electron chi connectivity index (χ4n) is 7.06. The van der Waals surface area contributed by atoms with E-state index < -0.39 is 0 Å². The third-order valence-electron chi connectivity index (χ3n) is 7.96. The average Bonchev–Trinajstić information content (AvgIpc) is 2.84. The van der Waals surface area contributed by atoms with Crippen LogP contribution in [-0.4, -0.2) is 11.2 Å². The second kappa shape index (κ2) is 2.92. The maximum atomic E-state index is 11.1. The summed E-state index contributed by atoms with van der Waals surface area (Å²) in [5, 5.41) is 11.1. The quantitative estimate of drug-likeness (QED) is 0.676. The van der Waals surface area contributed by atoms with Gasteiger partial charge in [0.15, 0.2) is 0 Å². The van der Waals surface area contributed by atoms with E-state index >= 15 is 0 Å². The molecule has 4 aliphatic rings. The molecular weight excluding hydrogens is 208 g/mol. The SMILES string of the molecule is CC12CCCC3CC1C1(CCCC1)C(O)C32C. The number of aliphatic hydroxyl groups is 1. The molecule has 17 heavy (non-hydrogen) atoms. The predicted molar refractivity (Wildman–Crippen MR) is 68.6 cm³/mol. The van der Waals surface area contributed by atoms with E-state index in [1.807, 2.05) is 0 Å². The molecule has 1 nitrogen and oxygen atoms in total. The van der Waals surface area contributed by atoms with Crippen LogP contribution in [0, 0.1) is 28.1 Å². The lowest BCUT2D eigenvalue weighted by Crippen LogP contribution is -2.49. The first-order valence-corrected chi connectivity index (χ1v) is 7.74. The van der Waals surface area contributed by atoms with Gasteiger partial charge in [0, 0.05) is 10.8 Å². The molecule has 4 fully saturated rings. The summed E-state index contributed by atoms with van der Waals surface area (Å²) >= 11 is 0. The first kappa shape index (κ1) is 10.8. The molecule has 1 spiro atoms. The molecule has 4 bridgehead atoms. The van der Waals surface area contributed by atoms with Crippen molar-refractivity contribution in [1.82, 2.24) is 0 Å². The predicted octanol–water partition coefficient (Wildman–Crippen LogP) is 3.75. The molecule has 4 saturated carbocycles. The Hall–Kier alpha value is -0.0400. The van der Waals surface area contributed by atoms with Gasteiger partial charge in [-0.15, -0.1) is 0 Å². The zero-order valence-electron chi connectivity index (χ0n) is 11.3. The highest BCUT2D eigenvalue weighted by Crippen LogP contribution is 2.80. The summed E-state index contributed by atoms with van der Waals surface area (Å²) in [6.07, 6.45) is 11.0. The molecular formula is C16H26O. The van der Waals surface area contributed by atoms with Crippen LogP contribution >= 0.6 is 0 Å². The van der Waals surface area contributed by atoms with Crippen molar-refractivity contribution in [2.75, 3.05) is 0 Å². The Bertz CT molecular complexity index is 355. The van der Waals surface area contributed by atoms with E-state index in [2.05, 4.69) is 13.8 Å². The lowest BCUT2D eigenvalue weighted by atomic mass is 9.57. The van der Waals surface area contributed by atoms with Crippen LogP contribution in [0.3, 0.4) is 0 Å². The van der Waals surface area contributed by atoms with Crippen molar-refractivity contribution in [3.8, 4) is 0 Å². The molecule has 5 atom stereocenters. The number of aliphatic hydroxyl groups excluding tert-OH is 1. The van der Waals surface area contributed by atoms with E-state index in [0.717, 1.165) is 11.8 Å². The minimum atomic E-state index is 0.00606. The highest BCUT2D eigenvalue weighted by molar-refractivity contribution is 5.25. The van der Waals surface area contributed by atoms with Gasteiger partial charge in [-0.25, -0.2) is 0 Å². The van der Waals surface area contributed by atoms with Gasteiger partial charge in [-0.1, -0.05) is 33.1 Å². The normalized spacial score (nSPS) is 59.1. The first-order valence-electron chi connectivity index (χ1n) is 7.74. The highest BCUT2D eigenvalue weighted by atomic mass is 16.3. The van der Waals surface area contributed by atoms with Gasteiger partial charge >= 0.3 is 0 Å². The third kappa shape index (κ3) is 0.895. The van der Waals surface area contributed by atoms with Crippen LogP contribution in [-0.2, 0) is 0 Å². The molecule has 0 radical (unpaired) electrons. The van der Waals surface area contributed by atoms with E-state index in [1.165, 1.54) is 51.4 Å². The smallest absolute Gasteiger partial charge is 0.0660 e. The van der Waals surface area contributed by atoms with Crippen LogP contribution in [0.15, 0.2) is 0 Å². The largest absolute Gasteiger partial charge is 0.392 e. The Labute approximate surface area is 105 Å². The van der Waals surface area contributed by atoms with Crippen LogP contribution in [0.25, 0.3) is 0 Å². The van der Waals surface area contributed by atoms with Crippen molar-refractivity contribution in [3.63, 3.8) is 0 Å². The Morgan fingerprint density at radius 1 is 1.00 bits per heavy atom. The highest BCUT2D eigenvalue weighted by Gasteiger charge is 2.77. The molecule has 0 amide bonds. The number of hydrogen-bond donors (Lipinski definition) is 1. The third-order valence-corrected chi connectivity index (χ3v) is 7.96. The zero-order chi connectivity index (χ0) is 11.9. The van der Waals surface area contributed by atoms with Crippen LogP contribution < -0.4 is 0 Å². The van der Waals surface area contributed by atoms with Crippen molar-refractivity contribution in [3.05, 3.63) is 0 Å².